The zero-order valence-electron chi connectivity index (χ0n) is 10.1. The van der Waals surface area contributed by atoms with Crippen molar-refractivity contribution in [1.29, 1.82) is 0 Å². The summed E-state index contributed by atoms with van der Waals surface area (Å²) in [6, 6.07) is 0.0953. The quantitative estimate of drug-likeness (QED) is 0.786. The van der Waals surface area contributed by atoms with Gasteiger partial charge in [-0.15, -0.1) is 11.3 Å². The summed E-state index contributed by atoms with van der Waals surface area (Å²) in [6.45, 7) is 1.95. The molecule has 0 saturated heterocycles. The molecule has 0 aromatic carbocycles. The third kappa shape index (κ3) is 5.27. The summed E-state index contributed by atoms with van der Waals surface area (Å²) in [5, 5.41) is 5.70. The Bertz CT molecular complexity index is 406. The van der Waals surface area contributed by atoms with Crippen LogP contribution in [0.1, 0.15) is 12.6 Å². The highest BCUT2D eigenvalue weighted by Crippen LogP contribution is 2.17. The van der Waals surface area contributed by atoms with E-state index < -0.39 is 10.8 Å². The molecule has 0 aliphatic carbocycles. The van der Waals surface area contributed by atoms with Crippen LogP contribution in [0, 0.1) is 0 Å². The van der Waals surface area contributed by atoms with Crippen LogP contribution >= 0.6 is 11.3 Å². The molecule has 0 radical (unpaired) electrons. The number of hydrogen-bond acceptors (Lipinski definition) is 6. The highest BCUT2D eigenvalue weighted by Gasteiger charge is 2.10. The lowest BCUT2D eigenvalue weighted by Gasteiger charge is -2.10. The molecule has 2 unspecified atom stereocenters. The normalized spacial score (nSPS) is 14.1. The molecule has 0 aliphatic rings. The van der Waals surface area contributed by atoms with Crippen molar-refractivity contribution >= 4 is 33.2 Å². The van der Waals surface area contributed by atoms with Crippen molar-refractivity contribution in [3.63, 3.8) is 0 Å². The molecule has 7 heteroatoms. The van der Waals surface area contributed by atoms with Crippen LogP contribution in [-0.4, -0.2) is 40.3 Å². The first kappa shape index (κ1) is 14.1. The smallest absolute Gasteiger partial charge is 0.311 e. The fourth-order valence-corrected chi connectivity index (χ4v) is 2.89. The van der Waals surface area contributed by atoms with E-state index in [1.54, 1.807) is 6.26 Å². The fraction of sp³-hybridized carbons (Fsp3) is 0.600. The predicted molar refractivity (Wildman–Crippen MR) is 69.9 cm³/mol. The number of nitrogens with one attached hydrogen (secondary N) is 1. The Labute approximate surface area is 107 Å². The number of esters is 1. The summed E-state index contributed by atoms with van der Waals surface area (Å²) in [4.78, 5) is 15.3. The molecule has 1 aromatic heterocycles. The molecule has 0 fully saturated rings. The third-order valence-electron chi connectivity index (χ3n) is 1.96. The van der Waals surface area contributed by atoms with Gasteiger partial charge in [-0.3, -0.25) is 9.00 Å². The summed E-state index contributed by atoms with van der Waals surface area (Å²) >= 11 is 1.43. The second-order valence-corrected chi connectivity index (χ2v) is 6.02. The third-order valence-corrected chi connectivity index (χ3v) is 3.75. The molecule has 1 aromatic rings. The molecular formula is C10H16N2O3S2. The molecule has 17 heavy (non-hydrogen) atoms. The Morgan fingerprint density at radius 3 is 3.00 bits per heavy atom. The van der Waals surface area contributed by atoms with E-state index in [0.29, 0.717) is 11.4 Å². The van der Waals surface area contributed by atoms with Gasteiger partial charge in [-0.2, -0.15) is 0 Å². The number of methoxy groups -OCH3 is 1. The van der Waals surface area contributed by atoms with Crippen molar-refractivity contribution in [3.8, 4) is 0 Å². The van der Waals surface area contributed by atoms with Crippen LogP contribution in [0.4, 0.5) is 5.13 Å². The summed E-state index contributed by atoms with van der Waals surface area (Å²) in [5.74, 6) is 0.274. The van der Waals surface area contributed by atoms with Gasteiger partial charge in [-0.25, -0.2) is 4.98 Å². The van der Waals surface area contributed by atoms with Crippen LogP contribution in [0.5, 0.6) is 0 Å². The molecule has 2 atom stereocenters. The van der Waals surface area contributed by atoms with Crippen LogP contribution in [0.25, 0.3) is 0 Å². The van der Waals surface area contributed by atoms with Crippen molar-refractivity contribution in [1.82, 2.24) is 4.98 Å². The van der Waals surface area contributed by atoms with Crippen molar-refractivity contribution < 1.29 is 13.7 Å². The summed E-state index contributed by atoms with van der Waals surface area (Å²) in [6.07, 6.45) is 1.85. The zero-order chi connectivity index (χ0) is 12.8. The number of aromatic nitrogens is 1. The van der Waals surface area contributed by atoms with E-state index in [1.807, 2.05) is 12.3 Å². The molecule has 1 heterocycles. The number of nitrogens with zero attached hydrogens (tertiary/aromatic N) is 1. The number of carbonyl (C=O) groups is 1. The fourth-order valence-electron chi connectivity index (χ4n) is 1.28. The maximum atomic E-state index is 11.0. The zero-order valence-corrected chi connectivity index (χ0v) is 11.7. The van der Waals surface area contributed by atoms with Crippen LogP contribution in [0.3, 0.4) is 0 Å². The average Bonchev–Trinajstić information content (AvgIpc) is 2.63. The SMILES string of the molecule is COC(=O)Cc1csc(NC(C)CS(C)=O)n1. The molecule has 0 bridgehead atoms. The van der Waals surface area contributed by atoms with E-state index >= 15 is 0 Å². The molecule has 96 valence electrons. The van der Waals surface area contributed by atoms with Gasteiger partial charge in [0, 0.05) is 34.2 Å². The van der Waals surface area contributed by atoms with Gasteiger partial charge in [0.15, 0.2) is 5.13 Å². The lowest BCUT2D eigenvalue weighted by atomic mass is 10.3. The topological polar surface area (TPSA) is 68.3 Å². The highest BCUT2D eigenvalue weighted by molar-refractivity contribution is 7.84. The summed E-state index contributed by atoms with van der Waals surface area (Å²) in [7, 11) is 0.521. The van der Waals surface area contributed by atoms with Crippen molar-refractivity contribution in [2.24, 2.45) is 0 Å². The standard InChI is InChI=1S/C10H16N2O3S2/c1-7(6-17(3)14)11-10-12-8(5-16-10)4-9(13)15-2/h5,7H,4,6H2,1-3H3,(H,11,12). The van der Waals surface area contributed by atoms with Crippen LogP contribution < -0.4 is 5.32 Å². The lowest BCUT2D eigenvalue weighted by Crippen LogP contribution is -2.22. The Hall–Kier alpha value is -0.950. The molecule has 0 aliphatic heterocycles. The summed E-state index contributed by atoms with van der Waals surface area (Å²) in [5.41, 5.74) is 0.689. The van der Waals surface area contributed by atoms with Crippen molar-refractivity contribution in [3.05, 3.63) is 11.1 Å². The van der Waals surface area contributed by atoms with Gasteiger partial charge in [0.25, 0.3) is 0 Å². The number of hydrogen-bond donors (Lipinski definition) is 1. The van der Waals surface area contributed by atoms with Crippen LogP contribution in [-0.2, 0) is 26.8 Å². The number of rotatable bonds is 6. The lowest BCUT2D eigenvalue weighted by molar-refractivity contribution is -0.139. The van der Waals surface area contributed by atoms with E-state index in [0.717, 1.165) is 5.13 Å². The number of carbonyl (C=O) groups excluding carboxylic acids is 1. The Balaban J connectivity index is 2.50. The van der Waals surface area contributed by atoms with Crippen LogP contribution in [0.15, 0.2) is 5.38 Å². The van der Waals surface area contributed by atoms with Gasteiger partial charge < -0.3 is 10.1 Å². The van der Waals surface area contributed by atoms with E-state index in [9.17, 15) is 9.00 Å². The van der Waals surface area contributed by atoms with Gasteiger partial charge in [0.1, 0.15) is 0 Å². The van der Waals surface area contributed by atoms with Crippen LogP contribution in [0.2, 0.25) is 0 Å². The van der Waals surface area contributed by atoms with Gasteiger partial charge in [-0.05, 0) is 6.92 Å². The predicted octanol–water partition coefficient (Wildman–Crippen LogP) is 1.04. The van der Waals surface area contributed by atoms with Gasteiger partial charge in [0.05, 0.1) is 19.2 Å². The van der Waals surface area contributed by atoms with E-state index in [2.05, 4.69) is 15.0 Å². The van der Waals surface area contributed by atoms with Crippen molar-refractivity contribution in [2.45, 2.75) is 19.4 Å². The molecule has 0 spiro atoms. The van der Waals surface area contributed by atoms with E-state index in [1.165, 1.54) is 18.4 Å². The number of anilines is 1. The average molecular weight is 276 g/mol. The largest absolute Gasteiger partial charge is 0.469 e. The summed E-state index contributed by atoms with van der Waals surface area (Å²) < 4.78 is 15.6. The minimum atomic E-state index is -0.833. The first-order valence-electron chi connectivity index (χ1n) is 5.09. The second kappa shape index (κ2) is 6.70. The number of ether oxygens (including phenoxy) is 1. The molecule has 0 amide bonds. The molecule has 0 saturated carbocycles. The maximum absolute atomic E-state index is 11.0. The van der Waals surface area contributed by atoms with E-state index in [-0.39, 0.29) is 18.4 Å². The van der Waals surface area contributed by atoms with Gasteiger partial charge in [0.2, 0.25) is 0 Å². The maximum Gasteiger partial charge on any atom is 0.311 e. The highest BCUT2D eigenvalue weighted by atomic mass is 32.2. The van der Waals surface area contributed by atoms with Gasteiger partial charge >= 0.3 is 5.97 Å². The van der Waals surface area contributed by atoms with E-state index in [4.69, 9.17) is 0 Å². The minimum Gasteiger partial charge on any atom is -0.469 e. The Morgan fingerprint density at radius 2 is 2.41 bits per heavy atom. The molecule has 1 N–H and O–H groups in total. The Kier molecular flexibility index (Phi) is 5.57. The van der Waals surface area contributed by atoms with Crippen molar-refractivity contribution in [2.75, 3.05) is 24.4 Å². The Morgan fingerprint density at radius 1 is 1.71 bits per heavy atom. The minimum absolute atomic E-state index is 0.0953. The molecular weight excluding hydrogens is 260 g/mol. The second-order valence-electron chi connectivity index (χ2n) is 3.68. The molecule has 1 rings (SSSR count). The monoisotopic (exact) mass is 276 g/mol. The van der Waals surface area contributed by atoms with Gasteiger partial charge in [-0.1, -0.05) is 0 Å². The first-order valence-corrected chi connectivity index (χ1v) is 7.69. The first-order chi connectivity index (χ1) is 8.01. The molecule has 5 nitrogen and oxygen atoms in total. The number of thiazole rings is 1.